The van der Waals surface area contributed by atoms with Crippen molar-refractivity contribution in [3.8, 4) is 34.5 Å². The maximum atomic E-state index is 9.40. The van der Waals surface area contributed by atoms with Crippen LogP contribution in [0.2, 0.25) is 5.15 Å². The smallest absolute Gasteiger partial charge is 0.161 e. The van der Waals surface area contributed by atoms with Crippen molar-refractivity contribution in [2.24, 2.45) is 0 Å². The molecule has 5 heteroatoms. The number of rotatable bonds is 3. The van der Waals surface area contributed by atoms with Gasteiger partial charge in [-0.3, -0.25) is 0 Å². The topological polar surface area (TPSA) is 58.8 Å². The highest BCUT2D eigenvalue weighted by Crippen LogP contribution is 2.30. The maximum absolute atomic E-state index is 9.40. The zero-order chi connectivity index (χ0) is 16.2. The monoisotopic (exact) mass is 321 g/mol. The third-order valence-electron chi connectivity index (χ3n) is 3.35. The summed E-state index contributed by atoms with van der Waals surface area (Å²) in [7, 11) is 1.59. The standard InChI is InChI=1S/C18H12ClN3O/c1-23-14-9-5-8-13(10-14)16-15(11-20)17(19)22-18(21-16)12-6-3-2-4-7-12/h2-10H,1H3. The van der Waals surface area contributed by atoms with Crippen LogP contribution in [0.25, 0.3) is 22.6 Å². The van der Waals surface area contributed by atoms with E-state index >= 15 is 0 Å². The van der Waals surface area contributed by atoms with Crippen LogP contribution in [0.1, 0.15) is 5.56 Å². The lowest BCUT2D eigenvalue weighted by Crippen LogP contribution is -1.98. The Labute approximate surface area is 139 Å². The molecule has 0 spiro atoms. The number of benzene rings is 2. The van der Waals surface area contributed by atoms with Crippen LogP contribution in [0.3, 0.4) is 0 Å². The molecule has 3 rings (SSSR count). The molecular weight excluding hydrogens is 310 g/mol. The fraction of sp³-hybridized carbons (Fsp3) is 0.0556. The number of ether oxygens (including phenoxy) is 1. The van der Waals surface area contributed by atoms with Crippen molar-refractivity contribution in [3.05, 3.63) is 65.3 Å². The molecule has 0 aliphatic carbocycles. The summed E-state index contributed by atoms with van der Waals surface area (Å²) in [5, 5.41) is 9.54. The molecule has 0 saturated heterocycles. The van der Waals surface area contributed by atoms with Gasteiger partial charge in [0.15, 0.2) is 11.0 Å². The third-order valence-corrected chi connectivity index (χ3v) is 3.63. The summed E-state index contributed by atoms with van der Waals surface area (Å²) in [6.07, 6.45) is 0. The van der Waals surface area contributed by atoms with Crippen LogP contribution in [0.5, 0.6) is 5.75 Å². The Morgan fingerprint density at radius 2 is 1.74 bits per heavy atom. The number of halogens is 1. The molecule has 0 atom stereocenters. The van der Waals surface area contributed by atoms with Gasteiger partial charge in [0.1, 0.15) is 17.4 Å². The molecule has 0 aliphatic heterocycles. The maximum Gasteiger partial charge on any atom is 0.161 e. The van der Waals surface area contributed by atoms with Gasteiger partial charge in [0.05, 0.1) is 12.8 Å². The number of aromatic nitrogens is 2. The Morgan fingerprint density at radius 3 is 2.43 bits per heavy atom. The van der Waals surface area contributed by atoms with E-state index in [-0.39, 0.29) is 10.7 Å². The van der Waals surface area contributed by atoms with Crippen LogP contribution < -0.4 is 4.74 Å². The van der Waals surface area contributed by atoms with Crippen molar-refractivity contribution >= 4 is 11.6 Å². The largest absolute Gasteiger partial charge is 0.497 e. The van der Waals surface area contributed by atoms with E-state index in [2.05, 4.69) is 16.0 Å². The molecule has 0 bridgehead atoms. The van der Waals surface area contributed by atoms with E-state index in [0.717, 1.165) is 11.1 Å². The molecule has 1 aromatic heterocycles. The minimum Gasteiger partial charge on any atom is -0.497 e. The number of methoxy groups -OCH3 is 1. The second kappa shape index (κ2) is 6.47. The van der Waals surface area contributed by atoms with Gasteiger partial charge < -0.3 is 4.74 Å². The van der Waals surface area contributed by atoms with Gasteiger partial charge in [0.2, 0.25) is 0 Å². The molecule has 0 aliphatic rings. The molecule has 2 aromatic carbocycles. The van der Waals surface area contributed by atoms with Crippen LogP contribution in [0.4, 0.5) is 0 Å². The van der Waals surface area contributed by atoms with Crippen molar-refractivity contribution in [1.82, 2.24) is 9.97 Å². The zero-order valence-electron chi connectivity index (χ0n) is 12.3. The van der Waals surface area contributed by atoms with E-state index in [9.17, 15) is 5.26 Å². The molecule has 1 heterocycles. The normalized spacial score (nSPS) is 10.1. The summed E-state index contributed by atoms with van der Waals surface area (Å²) in [5.74, 6) is 1.16. The van der Waals surface area contributed by atoms with Gasteiger partial charge in [-0.05, 0) is 12.1 Å². The van der Waals surface area contributed by atoms with Gasteiger partial charge >= 0.3 is 0 Å². The second-order valence-electron chi connectivity index (χ2n) is 4.77. The minimum absolute atomic E-state index is 0.138. The van der Waals surface area contributed by atoms with Crippen molar-refractivity contribution in [2.75, 3.05) is 7.11 Å². The minimum atomic E-state index is 0.138. The van der Waals surface area contributed by atoms with Crippen LogP contribution in [0.15, 0.2) is 54.6 Å². The average Bonchev–Trinajstić information content (AvgIpc) is 2.61. The summed E-state index contributed by atoms with van der Waals surface area (Å²) >= 11 is 6.20. The van der Waals surface area contributed by atoms with E-state index in [1.54, 1.807) is 7.11 Å². The van der Waals surface area contributed by atoms with Gasteiger partial charge in [-0.1, -0.05) is 54.1 Å². The highest BCUT2D eigenvalue weighted by molar-refractivity contribution is 6.31. The summed E-state index contributed by atoms with van der Waals surface area (Å²) in [6, 6.07) is 18.9. The third kappa shape index (κ3) is 3.01. The van der Waals surface area contributed by atoms with Crippen molar-refractivity contribution < 1.29 is 4.74 Å². The lowest BCUT2D eigenvalue weighted by atomic mass is 10.1. The Morgan fingerprint density at radius 1 is 1.00 bits per heavy atom. The number of hydrogen-bond donors (Lipinski definition) is 0. The first kappa shape index (κ1) is 15.0. The lowest BCUT2D eigenvalue weighted by Gasteiger charge is -2.09. The number of nitrogens with zero attached hydrogens (tertiary/aromatic N) is 3. The van der Waals surface area contributed by atoms with Crippen LogP contribution >= 0.6 is 11.6 Å². The molecule has 0 fully saturated rings. The fourth-order valence-electron chi connectivity index (χ4n) is 2.23. The predicted octanol–water partition coefficient (Wildman–Crippen LogP) is 4.34. The summed E-state index contributed by atoms with van der Waals surface area (Å²) in [4.78, 5) is 8.79. The first-order chi connectivity index (χ1) is 11.2. The van der Waals surface area contributed by atoms with Crippen LogP contribution in [-0.2, 0) is 0 Å². The van der Waals surface area contributed by atoms with Crippen molar-refractivity contribution in [3.63, 3.8) is 0 Å². The highest BCUT2D eigenvalue weighted by Gasteiger charge is 2.16. The Hall–Kier alpha value is -2.90. The van der Waals surface area contributed by atoms with Crippen LogP contribution in [-0.4, -0.2) is 17.1 Å². The molecule has 0 amide bonds. The van der Waals surface area contributed by atoms with E-state index in [1.165, 1.54) is 0 Å². The van der Waals surface area contributed by atoms with E-state index in [4.69, 9.17) is 16.3 Å². The van der Waals surface area contributed by atoms with Gasteiger partial charge in [-0.25, -0.2) is 9.97 Å². The van der Waals surface area contributed by atoms with Crippen LogP contribution in [0, 0.1) is 11.3 Å². The molecule has 3 aromatic rings. The Bertz CT molecular complexity index is 889. The van der Waals surface area contributed by atoms with E-state index < -0.39 is 0 Å². The molecule has 4 nitrogen and oxygen atoms in total. The van der Waals surface area contributed by atoms with E-state index in [1.807, 2.05) is 54.6 Å². The van der Waals surface area contributed by atoms with Crippen molar-refractivity contribution in [2.45, 2.75) is 0 Å². The molecule has 112 valence electrons. The molecule has 0 N–H and O–H groups in total. The molecule has 0 radical (unpaired) electrons. The molecular formula is C18H12ClN3O. The van der Waals surface area contributed by atoms with Crippen molar-refractivity contribution in [1.29, 1.82) is 5.26 Å². The fourth-order valence-corrected chi connectivity index (χ4v) is 2.44. The quantitative estimate of drug-likeness (QED) is 0.673. The van der Waals surface area contributed by atoms with Gasteiger partial charge in [-0.15, -0.1) is 0 Å². The summed E-state index contributed by atoms with van der Waals surface area (Å²) < 4.78 is 5.24. The SMILES string of the molecule is COc1cccc(-c2nc(-c3ccccc3)nc(Cl)c2C#N)c1. The summed E-state index contributed by atoms with van der Waals surface area (Å²) in [5.41, 5.74) is 2.33. The molecule has 23 heavy (non-hydrogen) atoms. The first-order valence-electron chi connectivity index (χ1n) is 6.90. The number of hydrogen-bond acceptors (Lipinski definition) is 4. The Balaban J connectivity index is 2.22. The average molecular weight is 322 g/mol. The van der Waals surface area contributed by atoms with Gasteiger partial charge in [-0.2, -0.15) is 5.26 Å². The highest BCUT2D eigenvalue weighted by atomic mass is 35.5. The molecule has 0 unspecified atom stereocenters. The van der Waals surface area contributed by atoms with Gasteiger partial charge in [0, 0.05) is 11.1 Å². The second-order valence-corrected chi connectivity index (χ2v) is 5.13. The Kier molecular flexibility index (Phi) is 4.22. The lowest BCUT2D eigenvalue weighted by molar-refractivity contribution is 0.415. The molecule has 0 saturated carbocycles. The number of nitriles is 1. The first-order valence-corrected chi connectivity index (χ1v) is 7.28. The predicted molar refractivity (Wildman–Crippen MR) is 89.2 cm³/mol. The zero-order valence-corrected chi connectivity index (χ0v) is 13.1. The summed E-state index contributed by atoms with van der Waals surface area (Å²) in [6.45, 7) is 0. The van der Waals surface area contributed by atoms with E-state index in [0.29, 0.717) is 17.3 Å². The van der Waals surface area contributed by atoms with Gasteiger partial charge in [0.25, 0.3) is 0 Å².